The number of benzene rings is 1. The molecule has 4 heteroatoms. The van der Waals surface area contributed by atoms with Gasteiger partial charge in [0.2, 0.25) is 0 Å². The summed E-state index contributed by atoms with van der Waals surface area (Å²) in [6.45, 7) is 4.36. The van der Waals surface area contributed by atoms with Gasteiger partial charge in [-0.2, -0.15) is 11.8 Å². The number of hydrogen-bond acceptors (Lipinski definition) is 3. The maximum atomic E-state index is 11.6. The highest BCUT2D eigenvalue weighted by Crippen LogP contribution is 2.23. The van der Waals surface area contributed by atoms with Crippen molar-refractivity contribution in [2.45, 2.75) is 19.6 Å². The second-order valence-corrected chi connectivity index (χ2v) is 5.21. The molecule has 1 N–H and O–H groups in total. The number of fused-ring (bicyclic) bond motifs is 1. The number of rotatable bonds is 5. The van der Waals surface area contributed by atoms with Crippen molar-refractivity contribution >= 4 is 28.6 Å². The molecule has 0 unspecified atom stereocenters. The Hall–Kier alpha value is -1.42. The highest BCUT2D eigenvalue weighted by molar-refractivity contribution is 7.98. The standard InChI is InChI=1S/C14H17NO2S/c1-3-17-14(16)10-5-6-12-11(9-18-4-2)8-15-13(12)7-10/h5-8,15H,3-4,9H2,1-2H3. The van der Waals surface area contributed by atoms with Gasteiger partial charge in [-0.3, -0.25) is 0 Å². The number of aromatic amines is 1. The number of carbonyl (C=O) groups excluding carboxylic acids is 1. The predicted octanol–water partition coefficient (Wildman–Crippen LogP) is 3.60. The van der Waals surface area contributed by atoms with Crippen molar-refractivity contribution < 1.29 is 9.53 Å². The molecule has 0 aliphatic rings. The van der Waals surface area contributed by atoms with Crippen LogP contribution in [0.2, 0.25) is 0 Å². The van der Waals surface area contributed by atoms with Crippen LogP contribution < -0.4 is 0 Å². The summed E-state index contributed by atoms with van der Waals surface area (Å²) in [7, 11) is 0. The largest absolute Gasteiger partial charge is 0.462 e. The zero-order valence-electron chi connectivity index (χ0n) is 10.7. The fourth-order valence-corrected chi connectivity index (χ4v) is 2.52. The molecule has 2 aromatic rings. The summed E-state index contributed by atoms with van der Waals surface area (Å²) in [5, 5.41) is 1.18. The molecular formula is C14H17NO2S. The Morgan fingerprint density at radius 3 is 2.94 bits per heavy atom. The van der Waals surface area contributed by atoms with E-state index in [0.717, 1.165) is 17.0 Å². The normalized spacial score (nSPS) is 10.8. The molecule has 0 bridgehead atoms. The fourth-order valence-electron chi connectivity index (χ4n) is 1.86. The first-order valence-corrected chi connectivity index (χ1v) is 7.26. The van der Waals surface area contributed by atoms with Crippen LogP contribution in [-0.2, 0) is 10.5 Å². The number of ether oxygens (including phenoxy) is 1. The number of H-pyrrole nitrogens is 1. The Kier molecular flexibility index (Phi) is 4.31. The first kappa shape index (κ1) is 13.0. The van der Waals surface area contributed by atoms with E-state index in [4.69, 9.17) is 4.74 Å². The quantitative estimate of drug-likeness (QED) is 0.838. The zero-order valence-corrected chi connectivity index (χ0v) is 11.5. The van der Waals surface area contributed by atoms with Gasteiger partial charge >= 0.3 is 5.97 Å². The van der Waals surface area contributed by atoms with E-state index in [1.54, 1.807) is 0 Å². The maximum Gasteiger partial charge on any atom is 0.338 e. The lowest BCUT2D eigenvalue weighted by atomic mass is 10.1. The van der Waals surface area contributed by atoms with Crippen molar-refractivity contribution in [1.29, 1.82) is 0 Å². The molecule has 0 saturated heterocycles. The summed E-state index contributed by atoms with van der Waals surface area (Å²) < 4.78 is 4.99. The van der Waals surface area contributed by atoms with Crippen molar-refractivity contribution in [3.05, 3.63) is 35.5 Å². The van der Waals surface area contributed by atoms with Crippen molar-refractivity contribution in [1.82, 2.24) is 4.98 Å². The third kappa shape index (κ3) is 2.70. The van der Waals surface area contributed by atoms with Gasteiger partial charge in [-0.15, -0.1) is 0 Å². The second-order valence-electron chi connectivity index (χ2n) is 3.93. The van der Waals surface area contributed by atoms with Gasteiger partial charge in [-0.1, -0.05) is 13.0 Å². The van der Waals surface area contributed by atoms with Crippen LogP contribution in [0, 0.1) is 0 Å². The minimum atomic E-state index is -0.265. The van der Waals surface area contributed by atoms with Gasteiger partial charge in [-0.25, -0.2) is 4.79 Å². The average molecular weight is 263 g/mol. The highest BCUT2D eigenvalue weighted by Gasteiger charge is 2.09. The summed E-state index contributed by atoms with van der Waals surface area (Å²) in [4.78, 5) is 14.8. The summed E-state index contributed by atoms with van der Waals surface area (Å²) in [6, 6.07) is 5.67. The molecule has 3 nitrogen and oxygen atoms in total. The minimum Gasteiger partial charge on any atom is -0.462 e. The Morgan fingerprint density at radius 1 is 1.39 bits per heavy atom. The molecule has 0 atom stereocenters. The van der Waals surface area contributed by atoms with Gasteiger partial charge in [0.15, 0.2) is 0 Å². The Balaban J connectivity index is 2.27. The van der Waals surface area contributed by atoms with E-state index in [0.29, 0.717) is 12.2 Å². The van der Waals surface area contributed by atoms with Crippen LogP contribution in [0.5, 0.6) is 0 Å². The minimum absolute atomic E-state index is 0.265. The molecular weight excluding hydrogens is 246 g/mol. The van der Waals surface area contributed by atoms with Gasteiger partial charge in [0.05, 0.1) is 12.2 Å². The lowest BCUT2D eigenvalue weighted by molar-refractivity contribution is 0.0526. The number of thioether (sulfide) groups is 1. The van der Waals surface area contributed by atoms with Crippen LogP contribution in [-0.4, -0.2) is 23.3 Å². The first-order valence-electron chi connectivity index (χ1n) is 6.11. The highest BCUT2D eigenvalue weighted by atomic mass is 32.2. The van der Waals surface area contributed by atoms with Crippen molar-refractivity contribution in [2.75, 3.05) is 12.4 Å². The molecule has 0 saturated carbocycles. The SMILES string of the molecule is CCOC(=O)c1ccc2c(CSCC)c[nH]c2c1. The number of hydrogen-bond donors (Lipinski definition) is 1. The zero-order chi connectivity index (χ0) is 13.0. The van der Waals surface area contributed by atoms with Gasteiger partial charge in [0.25, 0.3) is 0 Å². The van der Waals surface area contributed by atoms with Gasteiger partial charge < -0.3 is 9.72 Å². The summed E-state index contributed by atoms with van der Waals surface area (Å²) in [6.07, 6.45) is 2.02. The summed E-state index contributed by atoms with van der Waals surface area (Å²) in [5.41, 5.74) is 2.88. The van der Waals surface area contributed by atoms with Crippen molar-refractivity contribution in [2.24, 2.45) is 0 Å². The van der Waals surface area contributed by atoms with E-state index < -0.39 is 0 Å². The molecule has 96 valence electrons. The van der Waals surface area contributed by atoms with Crippen LogP contribution in [0.15, 0.2) is 24.4 Å². The number of carbonyl (C=O) groups is 1. The van der Waals surface area contributed by atoms with Crippen LogP contribution in [0.3, 0.4) is 0 Å². The van der Waals surface area contributed by atoms with E-state index in [2.05, 4.69) is 11.9 Å². The van der Waals surface area contributed by atoms with Crippen molar-refractivity contribution in [3.8, 4) is 0 Å². The smallest absolute Gasteiger partial charge is 0.338 e. The lowest BCUT2D eigenvalue weighted by Gasteiger charge is -2.02. The molecule has 0 aliphatic heterocycles. The van der Waals surface area contributed by atoms with E-state index in [9.17, 15) is 4.79 Å². The summed E-state index contributed by atoms with van der Waals surface area (Å²) >= 11 is 1.89. The Morgan fingerprint density at radius 2 is 2.22 bits per heavy atom. The van der Waals surface area contributed by atoms with Crippen LogP contribution in [0.1, 0.15) is 29.8 Å². The number of nitrogens with one attached hydrogen (secondary N) is 1. The van der Waals surface area contributed by atoms with Gasteiger partial charge in [0.1, 0.15) is 0 Å². The molecule has 1 heterocycles. The van der Waals surface area contributed by atoms with Crippen LogP contribution in [0.4, 0.5) is 0 Å². The molecule has 1 aromatic heterocycles. The third-order valence-corrected chi connectivity index (χ3v) is 3.66. The predicted molar refractivity (Wildman–Crippen MR) is 76.1 cm³/mol. The molecule has 0 fully saturated rings. The van der Waals surface area contributed by atoms with E-state index in [1.807, 2.05) is 43.1 Å². The molecule has 0 amide bonds. The molecule has 0 aliphatic carbocycles. The Bertz CT molecular complexity index is 548. The molecule has 0 spiro atoms. The Labute approximate surface area is 111 Å². The first-order chi connectivity index (χ1) is 8.76. The third-order valence-electron chi connectivity index (χ3n) is 2.74. The van der Waals surface area contributed by atoms with Crippen LogP contribution in [0.25, 0.3) is 10.9 Å². The molecule has 2 rings (SSSR count). The van der Waals surface area contributed by atoms with Crippen molar-refractivity contribution in [3.63, 3.8) is 0 Å². The molecule has 1 aromatic carbocycles. The number of aromatic nitrogens is 1. The molecule has 0 radical (unpaired) electrons. The summed E-state index contributed by atoms with van der Waals surface area (Å²) in [5.74, 6) is 1.83. The van der Waals surface area contributed by atoms with E-state index in [-0.39, 0.29) is 5.97 Å². The second kappa shape index (κ2) is 5.96. The number of esters is 1. The van der Waals surface area contributed by atoms with E-state index in [1.165, 1.54) is 10.9 Å². The maximum absolute atomic E-state index is 11.6. The van der Waals surface area contributed by atoms with E-state index >= 15 is 0 Å². The average Bonchev–Trinajstić information content (AvgIpc) is 2.79. The topological polar surface area (TPSA) is 42.1 Å². The van der Waals surface area contributed by atoms with Gasteiger partial charge in [-0.05, 0) is 30.4 Å². The fraction of sp³-hybridized carbons (Fsp3) is 0.357. The lowest BCUT2D eigenvalue weighted by Crippen LogP contribution is -2.04. The van der Waals surface area contributed by atoms with Crippen LogP contribution >= 0.6 is 11.8 Å². The monoisotopic (exact) mass is 263 g/mol. The van der Waals surface area contributed by atoms with Gasteiger partial charge in [0, 0.05) is 22.9 Å². The molecule has 18 heavy (non-hydrogen) atoms.